The first-order valence-corrected chi connectivity index (χ1v) is 8.94. The number of nitrogens with zero attached hydrogens (tertiary/aromatic N) is 3. The summed E-state index contributed by atoms with van der Waals surface area (Å²) in [5.41, 5.74) is 0.0167. The van der Waals surface area contributed by atoms with Crippen LogP contribution in [0.1, 0.15) is 10.4 Å². The molecule has 9 nitrogen and oxygen atoms in total. The van der Waals surface area contributed by atoms with Crippen LogP contribution in [0.15, 0.2) is 58.2 Å². The number of hydrogen-bond acceptors (Lipinski definition) is 7. The zero-order valence-corrected chi connectivity index (χ0v) is 14.4. The van der Waals surface area contributed by atoms with Crippen LogP contribution < -0.4 is 10.3 Å². The Labute approximate surface area is 148 Å². The van der Waals surface area contributed by atoms with Gasteiger partial charge in [0, 0.05) is 0 Å². The minimum atomic E-state index is -3.69. The van der Waals surface area contributed by atoms with Crippen LogP contribution in [0.3, 0.4) is 0 Å². The van der Waals surface area contributed by atoms with E-state index in [-0.39, 0.29) is 10.5 Å². The van der Waals surface area contributed by atoms with Crippen molar-refractivity contribution in [3.8, 4) is 0 Å². The highest BCUT2D eigenvalue weighted by atomic mass is 32.2. The van der Waals surface area contributed by atoms with Crippen LogP contribution in [0.25, 0.3) is 10.9 Å². The van der Waals surface area contributed by atoms with Gasteiger partial charge in [0.05, 0.1) is 15.8 Å². The molecule has 0 unspecified atom stereocenters. The van der Waals surface area contributed by atoms with E-state index >= 15 is 0 Å². The number of carbonyl (C=O) groups is 1. The van der Waals surface area contributed by atoms with E-state index in [9.17, 15) is 18.0 Å². The molecule has 26 heavy (non-hydrogen) atoms. The van der Waals surface area contributed by atoms with Gasteiger partial charge in [-0.1, -0.05) is 23.4 Å². The first kappa shape index (κ1) is 17.7. The van der Waals surface area contributed by atoms with Gasteiger partial charge in [-0.05, 0) is 37.4 Å². The average molecular weight is 374 g/mol. The summed E-state index contributed by atoms with van der Waals surface area (Å²) in [6, 6.07) is 12.0. The van der Waals surface area contributed by atoms with Gasteiger partial charge in [-0.2, -0.15) is 4.68 Å². The fourth-order valence-corrected chi connectivity index (χ4v) is 2.99. The molecule has 1 heterocycles. The molecule has 3 aromatic rings. The van der Waals surface area contributed by atoms with Gasteiger partial charge < -0.3 is 4.74 Å². The lowest BCUT2D eigenvalue weighted by molar-refractivity contribution is 0.0336. The molecule has 1 aromatic heterocycles. The molecule has 134 valence electrons. The second-order valence-electron chi connectivity index (χ2n) is 5.21. The molecule has 0 aliphatic heterocycles. The van der Waals surface area contributed by atoms with Crippen LogP contribution in [-0.2, 0) is 21.5 Å². The topological polar surface area (TPSA) is 120 Å². The van der Waals surface area contributed by atoms with Gasteiger partial charge >= 0.3 is 5.97 Å². The Morgan fingerprint density at radius 3 is 2.73 bits per heavy atom. The fourth-order valence-electron chi connectivity index (χ4n) is 2.22. The van der Waals surface area contributed by atoms with Gasteiger partial charge in [-0.15, -0.1) is 5.10 Å². The highest BCUT2D eigenvalue weighted by Crippen LogP contribution is 2.12. The number of fused-ring (bicyclic) bond motifs is 1. The molecule has 0 aliphatic carbocycles. The maximum Gasteiger partial charge on any atom is 0.339 e. The smallest absolute Gasteiger partial charge is 0.339 e. The molecule has 0 aliphatic rings. The van der Waals surface area contributed by atoms with Crippen LogP contribution in [0.4, 0.5) is 0 Å². The molecule has 0 atom stereocenters. The number of ether oxygens (including phenoxy) is 1. The molecule has 0 fully saturated rings. The number of sulfonamides is 1. The second-order valence-corrected chi connectivity index (χ2v) is 7.09. The summed E-state index contributed by atoms with van der Waals surface area (Å²) in [5.74, 6) is -0.792. The number of carbonyl (C=O) groups excluding carboxylic acids is 1. The van der Waals surface area contributed by atoms with Crippen LogP contribution >= 0.6 is 0 Å². The van der Waals surface area contributed by atoms with Gasteiger partial charge in [0.1, 0.15) is 5.52 Å². The predicted octanol–water partition coefficient (Wildman–Crippen LogP) is 0.514. The quantitative estimate of drug-likeness (QED) is 0.646. The summed E-state index contributed by atoms with van der Waals surface area (Å²) in [4.78, 5) is 24.4. The monoisotopic (exact) mass is 374 g/mol. The van der Waals surface area contributed by atoms with E-state index in [0.29, 0.717) is 10.9 Å². The number of benzene rings is 2. The fraction of sp³-hybridized carbons (Fsp3) is 0.125. The van der Waals surface area contributed by atoms with Crippen LogP contribution in [0.2, 0.25) is 0 Å². The number of nitrogens with one attached hydrogen (secondary N) is 1. The Balaban J connectivity index is 1.81. The van der Waals surface area contributed by atoms with Gasteiger partial charge in [0.15, 0.2) is 6.73 Å². The molecular weight excluding hydrogens is 360 g/mol. The Morgan fingerprint density at radius 1 is 1.19 bits per heavy atom. The van der Waals surface area contributed by atoms with Crippen molar-refractivity contribution in [2.24, 2.45) is 0 Å². The van der Waals surface area contributed by atoms with E-state index in [4.69, 9.17) is 4.74 Å². The molecule has 0 saturated carbocycles. The van der Waals surface area contributed by atoms with E-state index in [1.807, 2.05) is 0 Å². The number of hydrogen-bond donors (Lipinski definition) is 1. The minimum Gasteiger partial charge on any atom is -0.439 e. The first-order valence-electron chi connectivity index (χ1n) is 7.45. The number of rotatable bonds is 5. The summed E-state index contributed by atoms with van der Waals surface area (Å²) in [5, 5.41) is 7.95. The molecule has 0 radical (unpaired) electrons. The van der Waals surface area contributed by atoms with Crippen molar-refractivity contribution < 1.29 is 17.9 Å². The number of esters is 1. The average Bonchev–Trinajstić information content (AvgIpc) is 2.67. The van der Waals surface area contributed by atoms with E-state index in [1.165, 1.54) is 31.3 Å². The van der Waals surface area contributed by atoms with Crippen molar-refractivity contribution in [3.63, 3.8) is 0 Å². The summed E-state index contributed by atoms with van der Waals surface area (Å²) in [7, 11) is -2.42. The standard InChI is InChI=1S/C16H14N4O5S/c1-17-26(23,24)12-6-4-5-11(9-12)16(22)25-10-20-15(21)13-7-2-3-8-14(13)18-19-20/h2-9,17H,10H2,1H3. The maximum absolute atomic E-state index is 12.3. The van der Waals surface area contributed by atoms with Gasteiger partial charge in [0.2, 0.25) is 10.0 Å². The Hall–Kier alpha value is -3.11. The molecule has 0 saturated heterocycles. The Morgan fingerprint density at radius 2 is 1.96 bits per heavy atom. The summed E-state index contributed by atoms with van der Waals surface area (Å²) >= 11 is 0. The van der Waals surface area contributed by atoms with E-state index < -0.39 is 28.3 Å². The first-order chi connectivity index (χ1) is 12.4. The van der Waals surface area contributed by atoms with Crippen molar-refractivity contribution in [2.75, 3.05) is 7.05 Å². The summed E-state index contributed by atoms with van der Waals surface area (Å²) < 4.78 is 31.7. The third-order valence-corrected chi connectivity index (χ3v) is 5.01. The zero-order chi connectivity index (χ0) is 18.7. The normalized spacial score (nSPS) is 11.4. The summed E-state index contributed by atoms with van der Waals surface area (Å²) in [6.07, 6.45) is 0. The van der Waals surface area contributed by atoms with Crippen molar-refractivity contribution in [1.29, 1.82) is 0 Å². The maximum atomic E-state index is 12.3. The van der Waals surface area contributed by atoms with Gasteiger partial charge in [0.25, 0.3) is 5.56 Å². The van der Waals surface area contributed by atoms with E-state index in [0.717, 1.165) is 4.68 Å². The van der Waals surface area contributed by atoms with Crippen LogP contribution in [0.5, 0.6) is 0 Å². The van der Waals surface area contributed by atoms with E-state index in [2.05, 4.69) is 15.0 Å². The molecule has 0 amide bonds. The molecule has 0 bridgehead atoms. The Bertz CT molecular complexity index is 1140. The van der Waals surface area contributed by atoms with E-state index in [1.54, 1.807) is 24.3 Å². The summed E-state index contributed by atoms with van der Waals surface area (Å²) in [6.45, 7) is -0.446. The molecule has 2 aromatic carbocycles. The number of aromatic nitrogens is 3. The third-order valence-electron chi connectivity index (χ3n) is 3.60. The SMILES string of the molecule is CNS(=O)(=O)c1cccc(C(=O)OCn2nnc3ccccc3c2=O)c1. The molecule has 1 N–H and O–H groups in total. The second kappa shape index (κ2) is 7.02. The van der Waals surface area contributed by atoms with Gasteiger partial charge in [-0.3, -0.25) is 4.79 Å². The largest absolute Gasteiger partial charge is 0.439 e. The predicted molar refractivity (Wildman–Crippen MR) is 91.9 cm³/mol. The van der Waals surface area contributed by atoms with Crippen molar-refractivity contribution in [3.05, 3.63) is 64.4 Å². The van der Waals surface area contributed by atoms with Crippen LogP contribution in [-0.4, -0.2) is 36.4 Å². The Kier molecular flexibility index (Phi) is 4.78. The van der Waals surface area contributed by atoms with Crippen LogP contribution in [0, 0.1) is 0 Å². The molecular formula is C16H14N4O5S. The lowest BCUT2D eigenvalue weighted by atomic mass is 10.2. The van der Waals surface area contributed by atoms with Gasteiger partial charge in [-0.25, -0.2) is 17.9 Å². The van der Waals surface area contributed by atoms with Crippen molar-refractivity contribution >= 4 is 26.9 Å². The molecule has 0 spiro atoms. The van der Waals surface area contributed by atoms with Crippen molar-refractivity contribution in [2.45, 2.75) is 11.6 Å². The highest BCUT2D eigenvalue weighted by Gasteiger charge is 2.15. The minimum absolute atomic E-state index is 0.0307. The van der Waals surface area contributed by atoms with Crippen molar-refractivity contribution in [1.82, 2.24) is 19.7 Å². The lowest BCUT2D eigenvalue weighted by Crippen LogP contribution is -2.26. The zero-order valence-electron chi connectivity index (χ0n) is 13.6. The third kappa shape index (κ3) is 3.46. The highest BCUT2D eigenvalue weighted by molar-refractivity contribution is 7.89. The molecule has 10 heteroatoms. The molecule has 3 rings (SSSR count). The lowest BCUT2D eigenvalue weighted by Gasteiger charge is -2.08.